The fourth-order valence-electron chi connectivity index (χ4n) is 3.42. The molecule has 2 aliphatic rings. The van der Waals surface area contributed by atoms with E-state index in [1.165, 1.54) is 6.42 Å². The number of benzene rings is 2. The maximum atomic E-state index is 11.1. The Balaban J connectivity index is 0.000000428. The highest BCUT2D eigenvalue weighted by Gasteiger charge is 2.40. The molecule has 0 aliphatic heterocycles. The van der Waals surface area contributed by atoms with Gasteiger partial charge in [-0.3, -0.25) is 9.59 Å². The quantitative estimate of drug-likeness (QED) is 0.491. The van der Waals surface area contributed by atoms with Crippen molar-refractivity contribution < 1.29 is 19.8 Å². The van der Waals surface area contributed by atoms with E-state index in [1.807, 2.05) is 93.7 Å². The van der Waals surface area contributed by atoms with Gasteiger partial charge in [0.25, 0.3) is 0 Å². The minimum Gasteiger partial charge on any atom is -0.360 e. The van der Waals surface area contributed by atoms with Crippen molar-refractivity contribution in [2.75, 3.05) is 14.1 Å². The third kappa shape index (κ3) is 14.0. The third-order valence-corrected chi connectivity index (χ3v) is 5.31. The predicted octanol–water partition coefficient (Wildman–Crippen LogP) is 4.13. The normalized spacial score (nSPS) is 20.4. The topological polar surface area (TPSA) is 98.7 Å². The maximum absolute atomic E-state index is 11.1. The number of rotatable bonds is 2. The number of hydrogen-bond donors (Lipinski definition) is 4. The zero-order valence-electron chi connectivity index (χ0n) is 21.2. The molecule has 2 atom stereocenters. The molecule has 0 bridgehead atoms. The van der Waals surface area contributed by atoms with Gasteiger partial charge in [-0.05, 0) is 39.8 Å². The average molecular weight is 473 g/mol. The summed E-state index contributed by atoms with van der Waals surface area (Å²) >= 11 is 0. The first-order chi connectivity index (χ1) is 16.4. The van der Waals surface area contributed by atoms with Crippen LogP contribution >= 0.6 is 0 Å². The molecule has 6 heteroatoms. The summed E-state index contributed by atoms with van der Waals surface area (Å²) in [4.78, 5) is 22.1. The highest BCUT2D eigenvalue weighted by molar-refractivity contribution is 5.90. The number of likely N-dealkylation sites (N-methyl/N-ethyl adjacent to an activating group) is 2. The highest BCUT2D eigenvalue weighted by atomic mass is 16.5. The third-order valence-electron chi connectivity index (χ3n) is 5.31. The van der Waals surface area contributed by atoms with E-state index < -0.39 is 17.6 Å². The Labute approximate surface area is 205 Å². The maximum Gasteiger partial charge on any atom is 0.225 e. The van der Waals surface area contributed by atoms with E-state index in [0.29, 0.717) is 18.6 Å². The summed E-state index contributed by atoms with van der Waals surface area (Å²) < 4.78 is 0. The van der Waals surface area contributed by atoms with Gasteiger partial charge in [0.15, 0.2) is 0 Å². The molecule has 2 fully saturated rings. The van der Waals surface area contributed by atoms with E-state index in [1.54, 1.807) is 7.05 Å². The number of ketones is 2. The Bertz CT molecular complexity index is 654. The summed E-state index contributed by atoms with van der Waals surface area (Å²) in [7, 11) is 3.50. The van der Waals surface area contributed by atoms with Crippen LogP contribution in [0, 0.1) is 0 Å². The standard InChI is InChI=1S/C7H13NO3.C7H13NO.2C6H6.C2H6/c1-8-5-3-2-4-7(10,11)6(5)9;1-8-6-4-2-3-5-7(6)9;2*1-2-4-6-5-3-1;1-2/h5,8,10-11H,2-4H2,1H3;6,8H,2-5H2,1H3;2*1-6H;1-2H3. The lowest BCUT2D eigenvalue weighted by Crippen LogP contribution is -2.52. The lowest BCUT2D eigenvalue weighted by Gasteiger charge is -2.30. The molecule has 0 saturated heterocycles. The molecule has 6 nitrogen and oxygen atoms in total. The highest BCUT2D eigenvalue weighted by Crippen LogP contribution is 2.22. The zero-order valence-corrected chi connectivity index (χ0v) is 21.2. The van der Waals surface area contributed by atoms with Crippen molar-refractivity contribution in [2.45, 2.75) is 76.7 Å². The van der Waals surface area contributed by atoms with Crippen LogP contribution in [0.15, 0.2) is 72.8 Å². The van der Waals surface area contributed by atoms with Crippen LogP contribution in [0.2, 0.25) is 0 Å². The summed E-state index contributed by atoms with van der Waals surface area (Å²) in [6.45, 7) is 4.00. The zero-order chi connectivity index (χ0) is 25.7. The predicted molar refractivity (Wildman–Crippen MR) is 139 cm³/mol. The lowest BCUT2D eigenvalue weighted by atomic mass is 9.89. The number of nitrogens with one attached hydrogen (secondary N) is 2. The number of carbonyl (C=O) groups excluding carboxylic acids is 2. The summed E-state index contributed by atoms with van der Waals surface area (Å²) in [6, 6.07) is 23.8. The van der Waals surface area contributed by atoms with Crippen LogP contribution in [0.1, 0.15) is 58.8 Å². The van der Waals surface area contributed by atoms with E-state index in [9.17, 15) is 9.59 Å². The van der Waals surface area contributed by atoms with E-state index in [4.69, 9.17) is 10.2 Å². The molecule has 2 aromatic rings. The van der Waals surface area contributed by atoms with Gasteiger partial charge in [0.2, 0.25) is 11.6 Å². The van der Waals surface area contributed by atoms with E-state index in [2.05, 4.69) is 10.6 Å². The van der Waals surface area contributed by atoms with Crippen LogP contribution in [-0.4, -0.2) is 53.7 Å². The molecule has 34 heavy (non-hydrogen) atoms. The monoisotopic (exact) mass is 472 g/mol. The van der Waals surface area contributed by atoms with Gasteiger partial charge in [-0.15, -0.1) is 0 Å². The first-order valence-corrected chi connectivity index (χ1v) is 12.3. The molecule has 0 aromatic heterocycles. The fourth-order valence-corrected chi connectivity index (χ4v) is 3.42. The van der Waals surface area contributed by atoms with Gasteiger partial charge in [-0.25, -0.2) is 0 Å². The molecule has 0 radical (unpaired) electrons. The average Bonchev–Trinajstić information content (AvgIpc) is 2.90. The number of hydrogen-bond acceptors (Lipinski definition) is 6. The van der Waals surface area contributed by atoms with Crippen molar-refractivity contribution in [2.24, 2.45) is 0 Å². The molecule has 0 heterocycles. The minimum atomic E-state index is -2.09. The molecule has 2 saturated carbocycles. The van der Waals surface area contributed by atoms with Gasteiger partial charge in [-0.1, -0.05) is 93.1 Å². The van der Waals surface area contributed by atoms with Gasteiger partial charge < -0.3 is 20.8 Å². The molecule has 2 aliphatic carbocycles. The SMILES string of the molecule is CC.CNC1CCCC(O)(O)C1=O.CNC1CCCCC1=O.c1ccccc1.c1ccccc1. The second-order valence-corrected chi connectivity index (χ2v) is 7.78. The molecule has 190 valence electrons. The van der Waals surface area contributed by atoms with Crippen LogP contribution in [-0.2, 0) is 9.59 Å². The van der Waals surface area contributed by atoms with E-state index in [0.717, 1.165) is 19.3 Å². The largest absolute Gasteiger partial charge is 0.360 e. The van der Waals surface area contributed by atoms with Gasteiger partial charge >= 0.3 is 0 Å². The molecule has 4 N–H and O–H groups in total. The van der Waals surface area contributed by atoms with Crippen LogP contribution in [0.3, 0.4) is 0 Å². The molecular formula is C28H44N2O4. The Kier molecular flexibility index (Phi) is 18.6. The molecule has 0 amide bonds. The molecular weight excluding hydrogens is 428 g/mol. The van der Waals surface area contributed by atoms with Crippen molar-refractivity contribution in [3.8, 4) is 0 Å². The van der Waals surface area contributed by atoms with Crippen LogP contribution in [0.25, 0.3) is 0 Å². The molecule has 0 spiro atoms. The summed E-state index contributed by atoms with van der Waals surface area (Å²) in [5.74, 6) is -2.21. The summed E-state index contributed by atoms with van der Waals surface area (Å²) in [6.07, 6.45) is 5.64. The van der Waals surface area contributed by atoms with Gasteiger partial charge in [0.05, 0.1) is 12.1 Å². The smallest absolute Gasteiger partial charge is 0.225 e. The Hall–Kier alpha value is -2.38. The van der Waals surface area contributed by atoms with Crippen LogP contribution in [0.5, 0.6) is 0 Å². The van der Waals surface area contributed by atoms with Crippen molar-refractivity contribution in [3.05, 3.63) is 72.8 Å². The summed E-state index contributed by atoms with van der Waals surface area (Å²) in [5, 5.41) is 24.0. The molecule has 2 unspecified atom stereocenters. The lowest BCUT2D eigenvalue weighted by molar-refractivity contribution is -0.192. The van der Waals surface area contributed by atoms with Crippen LogP contribution < -0.4 is 10.6 Å². The number of carbonyl (C=O) groups is 2. The van der Waals surface area contributed by atoms with Crippen LogP contribution in [0.4, 0.5) is 0 Å². The second kappa shape index (κ2) is 20.0. The Morgan fingerprint density at radius 3 is 1.35 bits per heavy atom. The Morgan fingerprint density at radius 2 is 1.06 bits per heavy atom. The van der Waals surface area contributed by atoms with E-state index in [-0.39, 0.29) is 12.5 Å². The first-order valence-electron chi connectivity index (χ1n) is 12.3. The number of Topliss-reactive ketones (excluding diaryl/α,β-unsaturated/α-hetero) is 2. The Morgan fingerprint density at radius 1 is 0.676 bits per heavy atom. The van der Waals surface area contributed by atoms with E-state index >= 15 is 0 Å². The van der Waals surface area contributed by atoms with Crippen molar-refractivity contribution >= 4 is 11.6 Å². The van der Waals surface area contributed by atoms with Crippen molar-refractivity contribution in [1.29, 1.82) is 0 Å². The molecule has 4 rings (SSSR count). The minimum absolute atomic E-state index is 0.157. The van der Waals surface area contributed by atoms with Gasteiger partial charge in [-0.2, -0.15) is 0 Å². The molecule has 2 aromatic carbocycles. The van der Waals surface area contributed by atoms with Gasteiger partial charge in [0, 0.05) is 12.8 Å². The van der Waals surface area contributed by atoms with Gasteiger partial charge in [0.1, 0.15) is 5.78 Å². The summed E-state index contributed by atoms with van der Waals surface area (Å²) in [5.41, 5.74) is 0. The second-order valence-electron chi connectivity index (χ2n) is 7.78. The number of aliphatic hydroxyl groups is 2. The first kappa shape index (κ1) is 31.6. The van der Waals surface area contributed by atoms with Crippen molar-refractivity contribution in [1.82, 2.24) is 10.6 Å². The van der Waals surface area contributed by atoms with Crippen molar-refractivity contribution in [3.63, 3.8) is 0 Å². The fraction of sp³-hybridized carbons (Fsp3) is 0.500.